The number of nitrogens with one attached hydrogen (secondary N) is 4. The Kier molecular flexibility index (Phi) is 25.6. The second-order valence-corrected chi connectivity index (χ2v) is 23.9. The highest BCUT2D eigenvalue weighted by molar-refractivity contribution is 8.13. The molecule has 464 valence electrons. The SMILES string of the molecule is CSC(=Nc1cc(Cl)nc(Cl)c1)NC#N.Cc1nn(C)c2nc(NCC(Cc3cc(Cl)nc(Cl)c3)=NC#N)cc(C(C)C)c12.Cc1nn(C)c2nc(NN)cc(C(C)C)c12.[C-]#[N+]/N=C(\CNc1cc(C(C)C)c2c(C)nn(C)c2n1)Cc1cc(Cl)nc(Cl)c1. The summed E-state index contributed by atoms with van der Waals surface area (Å²) in [5, 5.41) is 49.4. The molecule has 0 saturated carbocycles. The van der Waals surface area contributed by atoms with Crippen LogP contribution >= 0.6 is 81.4 Å². The highest BCUT2D eigenvalue weighted by atomic mass is 35.5. The van der Waals surface area contributed by atoms with Gasteiger partial charge in [0, 0.05) is 62.3 Å². The monoisotopic (exact) mass is 1340 g/mol. The van der Waals surface area contributed by atoms with E-state index in [-0.39, 0.29) is 10.3 Å². The van der Waals surface area contributed by atoms with Crippen LogP contribution in [0.2, 0.25) is 30.9 Å². The van der Waals surface area contributed by atoms with E-state index in [1.165, 1.54) is 28.5 Å². The molecule has 9 aromatic rings. The lowest BCUT2D eigenvalue weighted by Gasteiger charge is -2.13. The lowest BCUT2D eigenvalue weighted by Crippen LogP contribution is -2.17. The van der Waals surface area contributed by atoms with Crippen molar-refractivity contribution >= 4 is 154 Å². The van der Waals surface area contributed by atoms with Crippen molar-refractivity contribution in [3.05, 3.63) is 142 Å². The highest BCUT2D eigenvalue weighted by Gasteiger charge is 2.20. The molecule has 23 nitrogen and oxygen atoms in total. The van der Waals surface area contributed by atoms with Gasteiger partial charge in [0.2, 0.25) is 6.19 Å². The van der Waals surface area contributed by atoms with Crippen molar-refractivity contribution in [2.24, 2.45) is 42.1 Å². The number of fused-ring (bicyclic) bond motifs is 3. The van der Waals surface area contributed by atoms with Gasteiger partial charge in [0.15, 0.2) is 28.3 Å². The van der Waals surface area contributed by atoms with Gasteiger partial charge in [-0.2, -0.15) is 37.4 Å². The number of amidine groups is 1. The number of nitrogen functional groups attached to an aromatic ring is 1. The number of hydrogen-bond donors (Lipinski definition) is 5. The number of nitrogens with two attached hydrogens (primary N) is 1. The van der Waals surface area contributed by atoms with E-state index in [4.69, 9.17) is 103 Å². The Bertz CT molecular complexity index is 4000. The van der Waals surface area contributed by atoms with Crippen LogP contribution in [0.15, 0.2) is 69.7 Å². The van der Waals surface area contributed by atoms with Gasteiger partial charge in [-0.25, -0.2) is 40.7 Å². The van der Waals surface area contributed by atoms with E-state index in [1.807, 2.05) is 66.3 Å². The Morgan fingerprint density at radius 3 is 1.29 bits per heavy atom. The van der Waals surface area contributed by atoms with Crippen molar-refractivity contribution in [2.75, 3.05) is 35.4 Å². The van der Waals surface area contributed by atoms with Gasteiger partial charge in [0.1, 0.15) is 54.1 Å². The van der Waals surface area contributed by atoms with Crippen molar-refractivity contribution in [1.29, 1.82) is 10.5 Å². The summed E-state index contributed by atoms with van der Waals surface area (Å²) in [4.78, 5) is 36.8. The average molecular weight is 1340 g/mol. The van der Waals surface area contributed by atoms with Gasteiger partial charge in [-0.1, -0.05) is 123 Å². The first kappa shape index (κ1) is 70.1. The summed E-state index contributed by atoms with van der Waals surface area (Å²) >= 11 is 36.6. The smallest absolute Gasteiger partial charge is 0.205 e. The molecule has 0 radical (unpaired) electrons. The standard InChI is InChI=1S/2C20H21Cl2N7.C11H17N5.C8H6Cl2N4S/c1-11(2)15-9-18(26-20-19(15)12(3)28-29(20)5)24-10-14(27-23-4)6-13-7-16(21)25-17(22)8-13;1-11(2)15-8-18(27-20-19(15)12(3)28-29(20)4)24-9-14(25-10-23)5-13-6-16(21)26-17(22)7-13;1-6(2)8-5-9(14-12)13-11-10(8)7(3)15-16(11)4;1-15-8(12-4-11)13-5-2-6(9)14-7(10)3-5/h7-9,11H,6,10H2,1-3,5H3,(H,24,26);6-8,11H,5,9H2,1-4H3,(H,24,27);5-6H,12H2,1-4H3,(H,13,14);2-3H,1H3,(H,12,13,14)/b27-14-;;;. The minimum atomic E-state index is 0.263. The van der Waals surface area contributed by atoms with E-state index in [0.29, 0.717) is 104 Å². The van der Waals surface area contributed by atoms with E-state index < -0.39 is 0 Å². The van der Waals surface area contributed by atoms with Gasteiger partial charge in [-0.15, -0.1) is 4.95 Å². The molecule has 0 amide bonds. The van der Waals surface area contributed by atoms with Crippen LogP contribution in [0, 0.1) is 50.3 Å². The van der Waals surface area contributed by atoms with Crippen LogP contribution in [0.25, 0.3) is 38.1 Å². The molecule has 30 heteroatoms. The molecule has 0 saturated heterocycles. The molecule has 0 fully saturated rings. The molecule has 9 aromatic heterocycles. The van der Waals surface area contributed by atoms with Crippen LogP contribution in [0.4, 0.5) is 23.1 Å². The largest absolute Gasteiger partial charge is 0.365 e. The fourth-order valence-corrected chi connectivity index (χ4v) is 11.2. The molecule has 0 aliphatic rings. The maximum atomic E-state index is 9.06. The highest BCUT2D eigenvalue weighted by Crippen LogP contribution is 2.32. The Morgan fingerprint density at radius 2 is 0.944 bits per heavy atom. The minimum absolute atomic E-state index is 0.263. The molecule has 0 unspecified atom stereocenters. The first-order chi connectivity index (χ1) is 42.2. The van der Waals surface area contributed by atoms with Gasteiger partial charge in [0.25, 0.3) is 0 Å². The Hall–Kier alpha value is -7.96. The Balaban J connectivity index is 0.000000197. The number of rotatable bonds is 15. The zero-order valence-electron chi connectivity index (χ0n) is 51.1. The van der Waals surface area contributed by atoms with E-state index in [0.717, 1.165) is 61.3 Å². The number of aryl methyl sites for hydroxylation is 6. The number of pyridine rings is 6. The predicted octanol–water partition coefficient (Wildman–Crippen LogP) is 14.2. The van der Waals surface area contributed by atoms with Crippen molar-refractivity contribution in [2.45, 2.75) is 92.9 Å². The Morgan fingerprint density at radius 1 is 0.584 bits per heavy atom. The van der Waals surface area contributed by atoms with E-state index in [1.54, 1.807) is 62.9 Å². The fourth-order valence-electron chi connectivity index (χ4n) is 9.37. The third kappa shape index (κ3) is 19.3. The molecule has 0 atom stereocenters. The maximum Gasteiger partial charge on any atom is 0.205 e. The number of hydrazine groups is 1. The molecular weight excluding hydrogens is 1280 g/mol. The Labute approximate surface area is 550 Å². The summed E-state index contributed by atoms with van der Waals surface area (Å²) in [5.74, 6) is 8.58. The molecule has 0 bridgehead atoms. The molecule has 0 aliphatic heterocycles. The molecule has 0 spiro atoms. The van der Waals surface area contributed by atoms with Crippen molar-refractivity contribution in [1.82, 2.24) is 64.6 Å². The third-order valence-corrected chi connectivity index (χ3v) is 14.9. The first-order valence-electron chi connectivity index (χ1n) is 27.3. The summed E-state index contributed by atoms with van der Waals surface area (Å²) in [6.45, 7) is 26.7. The summed E-state index contributed by atoms with van der Waals surface area (Å²) in [6, 6.07) is 16.0. The fraction of sp³-hybridized carbons (Fsp3) is 0.339. The zero-order chi connectivity index (χ0) is 65.4. The molecule has 9 rings (SSSR count). The average Bonchev–Trinajstić information content (AvgIpc) is 1.75. The first-order valence-corrected chi connectivity index (χ1v) is 30.8. The van der Waals surface area contributed by atoms with Crippen LogP contribution < -0.4 is 27.2 Å². The number of hydrogen-bond acceptors (Lipinski definition) is 19. The lowest BCUT2D eigenvalue weighted by atomic mass is 10.00. The number of anilines is 3. The number of aromatic nitrogens is 12. The summed E-state index contributed by atoms with van der Waals surface area (Å²) in [5.41, 5.74) is 15.1. The molecule has 6 N–H and O–H groups in total. The molecule has 89 heavy (non-hydrogen) atoms. The number of halogens is 6. The van der Waals surface area contributed by atoms with Gasteiger partial charge in [-0.3, -0.25) is 19.4 Å². The van der Waals surface area contributed by atoms with Gasteiger partial charge < -0.3 is 16.1 Å². The number of nitriles is 2. The third-order valence-electron chi connectivity index (χ3n) is 13.2. The van der Waals surface area contributed by atoms with Crippen LogP contribution in [0.3, 0.4) is 0 Å². The van der Waals surface area contributed by atoms with E-state index in [9.17, 15) is 0 Å². The van der Waals surface area contributed by atoms with E-state index in [2.05, 4.69) is 118 Å². The number of aliphatic imine (C=N–C) groups is 2. The predicted molar refractivity (Wildman–Crippen MR) is 363 cm³/mol. The van der Waals surface area contributed by atoms with Gasteiger partial charge >= 0.3 is 0 Å². The molecule has 0 aromatic carbocycles. The van der Waals surface area contributed by atoms with Crippen LogP contribution in [-0.2, 0) is 34.0 Å². The van der Waals surface area contributed by atoms with Crippen LogP contribution in [-0.4, -0.2) is 95.2 Å². The maximum absolute atomic E-state index is 9.06. The lowest BCUT2D eigenvalue weighted by molar-refractivity contribution is 0.774. The second-order valence-electron chi connectivity index (χ2n) is 20.8. The van der Waals surface area contributed by atoms with Crippen molar-refractivity contribution in [3.63, 3.8) is 0 Å². The quantitative estimate of drug-likeness (QED) is 0.00931. The van der Waals surface area contributed by atoms with Crippen molar-refractivity contribution < 1.29 is 0 Å². The van der Waals surface area contributed by atoms with Crippen molar-refractivity contribution in [3.8, 4) is 12.4 Å². The summed E-state index contributed by atoms with van der Waals surface area (Å²) in [7, 11) is 5.67. The molecule has 0 aliphatic carbocycles. The normalized spacial score (nSPS) is 11.6. The summed E-state index contributed by atoms with van der Waals surface area (Å²) < 4.78 is 5.36. The zero-order valence-corrected chi connectivity index (χ0v) is 56.4. The number of nitrogens with zero attached hydrogens (tertiary/aromatic N) is 18. The topological polar surface area (TPSA) is 294 Å². The minimum Gasteiger partial charge on any atom is -0.365 e. The summed E-state index contributed by atoms with van der Waals surface area (Å²) in [6.07, 6.45) is 6.30. The molecule has 9 heterocycles. The molecular formula is C59H65Cl6N23S. The van der Waals surface area contributed by atoms with Crippen LogP contribution in [0.5, 0.6) is 0 Å². The van der Waals surface area contributed by atoms with Gasteiger partial charge in [-0.05, 0) is 115 Å². The van der Waals surface area contributed by atoms with Crippen LogP contribution in [0.1, 0.15) is 104 Å². The van der Waals surface area contributed by atoms with E-state index >= 15 is 0 Å². The second kappa shape index (κ2) is 32.5. The number of thioether (sulfide) groups is 1. The van der Waals surface area contributed by atoms with Gasteiger partial charge in [0.05, 0.1) is 46.7 Å².